The predicted molar refractivity (Wildman–Crippen MR) is 107 cm³/mol. The third-order valence-electron chi connectivity index (χ3n) is 3.78. The molecule has 2 aromatic carbocycles. The molecule has 1 amide bonds. The number of hydrogen-bond acceptors (Lipinski definition) is 7. The van der Waals surface area contributed by atoms with Crippen molar-refractivity contribution in [2.24, 2.45) is 0 Å². The number of hydrogen-bond donors (Lipinski definition) is 3. The topological polar surface area (TPSA) is 122 Å². The smallest absolute Gasteiger partial charge is 0.292 e. The molecule has 3 N–H and O–H groups in total. The highest BCUT2D eigenvalue weighted by Gasteiger charge is 2.11. The van der Waals surface area contributed by atoms with E-state index in [-0.39, 0.29) is 17.3 Å². The van der Waals surface area contributed by atoms with E-state index in [1.54, 1.807) is 42.5 Å². The molecule has 0 aliphatic carbocycles. The van der Waals surface area contributed by atoms with E-state index in [4.69, 9.17) is 0 Å². The maximum atomic E-state index is 12.1. The lowest BCUT2D eigenvalue weighted by atomic mass is 10.2. The summed E-state index contributed by atoms with van der Waals surface area (Å²) in [6, 6.07) is 18.7. The number of carbonyl (C=O) groups is 1. The van der Waals surface area contributed by atoms with Gasteiger partial charge in [-0.3, -0.25) is 14.9 Å². The summed E-state index contributed by atoms with van der Waals surface area (Å²) < 4.78 is 0. The highest BCUT2D eigenvalue weighted by molar-refractivity contribution is 6.02. The molecule has 3 rings (SSSR count). The van der Waals surface area contributed by atoms with Crippen LogP contribution in [0, 0.1) is 10.1 Å². The van der Waals surface area contributed by atoms with E-state index < -0.39 is 4.92 Å². The van der Waals surface area contributed by atoms with Crippen LogP contribution in [0.2, 0.25) is 0 Å². The molecular formula is C19H18N6O3. The zero-order valence-corrected chi connectivity index (χ0v) is 14.8. The number of amides is 1. The molecule has 0 saturated heterocycles. The van der Waals surface area contributed by atoms with Crippen molar-refractivity contribution < 1.29 is 9.72 Å². The molecule has 0 atom stereocenters. The molecule has 0 bridgehead atoms. The molecule has 0 radical (unpaired) electrons. The van der Waals surface area contributed by atoms with E-state index >= 15 is 0 Å². The maximum absolute atomic E-state index is 12.1. The summed E-state index contributed by atoms with van der Waals surface area (Å²) in [5.74, 6) is 0.156. The first-order chi connectivity index (χ1) is 13.6. The summed E-state index contributed by atoms with van der Waals surface area (Å²) in [5.41, 5.74) is 1.36. The SMILES string of the molecule is O=C(Nc1ccccc1)c1ccc(NCCNc2ccccc2[N+](=O)[O-])nn1. The van der Waals surface area contributed by atoms with Gasteiger partial charge in [0.1, 0.15) is 11.5 Å². The lowest BCUT2D eigenvalue weighted by Gasteiger charge is -2.09. The van der Waals surface area contributed by atoms with Gasteiger partial charge < -0.3 is 16.0 Å². The third kappa shape index (κ3) is 5.01. The van der Waals surface area contributed by atoms with Crippen LogP contribution in [0.15, 0.2) is 66.7 Å². The highest BCUT2D eigenvalue weighted by Crippen LogP contribution is 2.22. The minimum atomic E-state index is -0.430. The molecule has 0 aliphatic heterocycles. The summed E-state index contributed by atoms with van der Waals surface area (Å²) in [6.45, 7) is 0.916. The normalized spacial score (nSPS) is 10.1. The third-order valence-corrected chi connectivity index (χ3v) is 3.78. The number of anilines is 3. The molecule has 9 heteroatoms. The fourth-order valence-corrected chi connectivity index (χ4v) is 2.43. The second-order valence-electron chi connectivity index (χ2n) is 5.75. The Balaban J connectivity index is 1.48. The lowest BCUT2D eigenvalue weighted by Crippen LogP contribution is -2.17. The van der Waals surface area contributed by atoms with Crippen LogP contribution in [0.4, 0.5) is 22.9 Å². The Bertz CT molecular complexity index is 947. The van der Waals surface area contributed by atoms with Gasteiger partial charge in [0.2, 0.25) is 0 Å². The predicted octanol–water partition coefficient (Wildman–Crippen LogP) is 3.16. The van der Waals surface area contributed by atoms with Crippen molar-refractivity contribution >= 4 is 28.8 Å². The van der Waals surface area contributed by atoms with E-state index in [0.29, 0.717) is 30.3 Å². The van der Waals surface area contributed by atoms with E-state index in [1.807, 2.05) is 18.2 Å². The van der Waals surface area contributed by atoms with Gasteiger partial charge in [0.25, 0.3) is 11.6 Å². The first kappa shape index (κ1) is 18.8. The number of benzene rings is 2. The fourth-order valence-electron chi connectivity index (χ4n) is 2.43. The van der Waals surface area contributed by atoms with Gasteiger partial charge in [0.15, 0.2) is 5.69 Å². The molecule has 28 heavy (non-hydrogen) atoms. The van der Waals surface area contributed by atoms with Gasteiger partial charge in [0.05, 0.1) is 4.92 Å². The molecule has 0 saturated carbocycles. The number of carbonyl (C=O) groups excluding carboxylic acids is 1. The Morgan fingerprint density at radius 3 is 2.32 bits per heavy atom. The minimum absolute atomic E-state index is 0.0241. The van der Waals surface area contributed by atoms with E-state index in [0.717, 1.165) is 0 Å². The first-order valence-corrected chi connectivity index (χ1v) is 8.55. The van der Waals surface area contributed by atoms with Crippen LogP contribution in [0.25, 0.3) is 0 Å². The van der Waals surface area contributed by atoms with Crippen molar-refractivity contribution in [2.75, 3.05) is 29.0 Å². The Morgan fingerprint density at radius 1 is 0.893 bits per heavy atom. The summed E-state index contributed by atoms with van der Waals surface area (Å²) in [4.78, 5) is 22.7. The average Bonchev–Trinajstić information content (AvgIpc) is 2.72. The van der Waals surface area contributed by atoms with E-state index in [1.165, 1.54) is 6.07 Å². The molecule has 0 unspecified atom stereocenters. The van der Waals surface area contributed by atoms with Gasteiger partial charge in [-0.15, -0.1) is 10.2 Å². The van der Waals surface area contributed by atoms with Gasteiger partial charge >= 0.3 is 0 Å². The monoisotopic (exact) mass is 378 g/mol. The summed E-state index contributed by atoms with van der Waals surface area (Å²) in [7, 11) is 0. The molecule has 1 aromatic heterocycles. The number of para-hydroxylation sites is 3. The zero-order valence-electron chi connectivity index (χ0n) is 14.8. The Morgan fingerprint density at radius 2 is 1.61 bits per heavy atom. The van der Waals surface area contributed by atoms with E-state index in [2.05, 4.69) is 26.1 Å². The maximum Gasteiger partial charge on any atom is 0.292 e. The Kier molecular flexibility index (Phi) is 6.09. The van der Waals surface area contributed by atoms with E-state index in [9.17, 15) is 14.9 Å². The number of aromatic nitrogens is 2. The summed E-state index contributed by atoms with van der Waals surface area (Å²) in [5, 5.41) is 27.6. The van der Waals surface area contributed by atoms with Crippen LogP contribution < -0.4 is 16.0 Å². The van der Waals surface area contributed by atoms with Crippen LogP contribution in [0.5, 0.6) is 0 Å². The molecular weight excluding hydrogens is 360 g/mol. The molecule has 0 aliphatic rings. The van der Waals surface area contributed by atoms with Crippen molar-refractivity contribution in [1.82, 2.24) is 10.2 Å². The van der Waals surface area contributed by atoms with Crippen LogP contribution in [-0.2, 0) is 0 Å². The molecule has 0 fully saturated rings. The second-order valence-corrected chi connectivity index (χ2v) is 5.75. The Labute approximate surface area is 161 Å². The van der Waals surface area contributed by atoms with Crippen molar-refractivity contribution in [1.29, 1.82) is 0 Å². The molecule has 3 aromatic rings. The molecule has 9 nitrogen and oxygen atoms in total. The fraction of sp³-hybridized carbons (Fsp3) is 0.105. The van der Waals surface area contributed by atoms with Crippen molar-refractivity contribution in [2.45, 2.75) is 0 Å². The van der Waals surface area contributed by atoms with Crippen LogP contribution in [-0.4, -0.2) is 34.1 Å². The number of rotatable bonds is 8. The number of nitro groups is 1. The van der Waals surface area contributed by atoms with Crippen molar-refractivity contribution in [3.63, 3.8) is 0 Å². The summed E-state index contributed by atoms with van der Waals surface area (Å²) >= 11 is 0. The van der Waals surface area contributed by atoms with Crippen LogP contribution in [0.1, 0.15) is 10.5 Å². The molecule has 142 valence electrons. The molecule has 1 heterocycles. The second kappa shape index (κ2) is 9.08. The first-order valence-electron chi connectivity index (χ1n) is 8.55. The highest BCUT2D eigenvalue weighted by atomic mass is 16.6. The largest absolute Gasteiger partial charge is 0.378 e. The van der Waals surface area contributed by atoms with Crippen LogP contribution in [0.3, 0.4) is 0 Å². The molecule has 0 spiro atoms. The van der Waals surface area contributed by atoms with Crippen molar-refractivity contribution in [3.05, 3.63) is 82.5 Å². The average molecular weight is 378 g/mol. The lowest BCUT2D eigenvalue weighted by molar-refractivity contribution is -0.384. The number of nitro benzene ring substituents is 1. The number of nitrogens with zero attached hydrogens (tertiary/aromatic N) is 3. The van der Waals surface area contributed by atoms with Gasteiger partial charge in [0, 0.05) is 24.8 Å². The number of nitrogens with one attached hydrogen (secondary N) is 3. The van der Waals surface area contributed by atoms with Gasteiger partial charge in [-0.05, 0) is 30.3 Å². The van der Waals surface area contributed by atoms with Crippen molar-refractivity contribution in [3.8, 4) is 0 Å². The van der Waals surface area contributed by atoms with Crippen LogP contribution >= 0.6 is 0 Å². The zero-order chi connectivity index (χ0) is 19.8. The minimum Gasteiger partial charge on any atom is -0.378 e. The Hall–Kier alpha value is -4.01. The standard InChI is InChI=1S/C19H18N6O3/c26-19(22-14-6-2-1-3-7-14)16-10-11-18(24-23-16)21-13-12-20-15-8-4-5-9-17(15)25(27)28/h1-11,20H,12-13H2,(H,21,24)(H,22,26). The van der Waals surface area contributed by atoms with Gasteiger partial charge in [-0.25, -0.2) is 0 Å². The summed E-state index contributed by atoms with van der Waals surface area (Å²) in [6.07, 6.45) is 0. The van der Waals surface area contributed by atoms with Gasteiger partial charge in [-0.2, -0.15) is 0 Å². The quantitative estimate of drug-likeness (QED) is 0.313. The van der Waals surface area contributed by atoms with Gasteiger partial charge in [-0.1, -0.05) is 30.3 Å².